The number of nitrogens with two attached hydrogens (primary N) is 1. The van der Waals surface area contributed by atoms with E-state index in [1.165, 1.54) is 0 Å². The first kappa shape index (κ1) is 8.78. The summed E-state index contributed by atoms with van der Waals surface area (Å²) in [6.07, 6.45) is 0.677. The molecule has 0 heterocycles. The molecule has 54 valence electrons. The van der Waals surface area contributed by atoms with Gasteiger partial charge in [-0.05, 0) is 6.42 Å². The molecule has 3 nitrogen and oxygen atoms in total. The summed E-state index contributed by atoms with van der Waals surface area (Å²) in [5.74, 6) is -0.989. The van der Waals surface area contributed by atoms with Crippen molar-refractivity contribution in [2.75, 3.05) is 0 Å². The van der Waals surface area contributed by atoms with Crippen LogP contribution < -0.4 is 5.73 Å². The normalized spacial score (nSPS) is 16.8. The molecule has 0 spiro atoms. The number of rotatable bonds is 3. The predicted molar refractivity (Wildman–Crippen MR) is 38.7 cm³/mol. The van der Waals surface area contributed by atoms with Crippen LogP contribution in [0.1, 0.15) is 13.3 Å². The van der Waals surface area contributed by atoms with Crippen molar-refractivity contribution in [3.8, 4) is 0 Å². The lowest BCUT2D eigenvalue weighted by Gasteiger charge is -2.11. The molecule has 0 radical (unpaired) electrons. The molecule has 0 saturated heterocycles. The maximum Gasteiger partial charge on any atom is 0.321 e. The molecule has 0 aromatic heterocycles. The summed E-state index contributed by atoms with van der Waals surface area (Å²) < 4.78 is 0. The summed E-state index contributed by atoms with van der Waals surface area (Å²) in [5, 5.41) is 8.08. The first-order valence-corrected chi connectivity index (χ1v) is 3.27. The Bertz CT molecular complexity index is 107. The number of carboxylic acid groups (broad SMARTS) is 1. The average molecular weight is 149 g/mol. The highest BCUT2D eigenvalue weighted by Crippen LogP contribution is 2.03. The van der Waals surface area contributed by atoms with Crippen LogP contribution in [0.3, 0.4) is 0 Å². The number of hydrogen-bond acceptors (Lipinski definition) is 3. The van der Waals surface area contributed by atoms with Gasteiger partial charge in [0.05, 0.1) is 0 Å². The van der Waals surface area contributed by atoms with Crippen molar-refractivity contribution in [1.29, 1.82) is 0 Å². The number of hydrogen-bond donors (Lipinski definition) is 3. The van der Waals surface area contributed by atoms with Crippen molar-refractivity contribution in [3.05, 3.63) is 0 Å². The monoisotopic (exact) mass is 149 g/mol. The highest BCUT2D eigenvalue weighted by atomic mass is 32.1. The molecule has 0 bridgehead atoms. The minimum atomic E-state index is -0.989. The molecule has 0 fully saturated rings. The van der Waals surface area contributed by atoms with Gasteiger partial charge in [0.2, 0.25) is 0 Å². The Hall–Kier alpha value is -0.220. The summed E-state index contributed by atoms with van der Waals surface area (Å²) in [6.45, 7) is 1.85. The van der Waals surface area contributed by atoms with Crippen LogP contribution in [0.25, 0.3) is 0 Å². The van der Waals surface area contributed by atoms with E-state index in [1.807, 2.05) is 6.92 Å². The molecule has 4 heteroatoms. The van der Waals surface area contributed by atoms with E-state index >= 15 is 0 Å². The average Bonchev–Trinajstić information content (AvgIpc) is 1.84. The third-order valence-corrected chi connectivity index (χ3v) is 1.80. The van der Waals surface area contributed by atoms with E-state index in [9.17, 15) is 4.79 Å². The highest BCUT2D eigenvalue weighted by molar-refractivity contribution is 7.81. The van der Waals surface area contributed by atoms with E-state index in [0.29, 0.717) is 6.42 Å². The molecule has 0 saturated carbocycles. The zero-order chi connectivity index (χ0) is 7.44. The number of thiol groups is 1. The van der Waals surface area contributed by atoms with Gasteiger partial charge in [-0.25, -0.2) is 0 Å². The van der Waals surface area contributed by atoms with E-state index in [4.69, 9.17) is 10.8 Å². The lowest BCUT2D eigenvalue weighted by atomic mass is 10.2. The second-order valence-electron chi connectivity index (χ2n) is 1.84. The Morgan fingerprint density at radius 3 is 2.44 bits per heavy atom. The molecule has 9 heavy (non-hydrogen) atoms. The van der Waals surface area contributed by atoms with Crippen LogP contribution in [0.15, 0.2) is 0 Å². The molecule has 2 atom stereocenters. The van der Waals surface area contributed by atoms with E-state index < -0.39 is 12.0 Å². The zero-order valence-corrected chi connectivity index (χ0v) is 6.14. The molecule has 0 aliphatic heterocycles. The van der Waals surface area contributed by atoms with Gasteiger partial charge in [-0.3, -0.25) is 4.79 Å². The van der Waals surface area contributed by atoms with E-state index in [-0.39, 0.29) is 5.25 Å². The van der Waals surface area contributed by atoms with Crippen LogP contribution in [-0.4, -0.2) is 22.4 Å². The van der Waals surface area contributed by atoms with Crippen LogP contribution in [0, 0.1) is 0 Å². The molecule has 2 unspecified atom stereocenters. The van der Waals surface area contributed by atoms with Gasteiger partial charge >= 0.3 is 5.97 Å². The fraction of sp³-hybridized carbons (Fsp3) is 0.800. The lowest BCUT2D eigenvalue weighted by Crippen LogP contribution is -2.38. The molecular weight excluding hydrogens is 138 g/mol. The summed E-state index contributed by atoms with van der Waals surface area (Å²) in [7, 11) is 0. The van der Waals surface area contributed by atoms with Crippen LogP contribution in [-0.2, 0) is 4.79 Å². The minimum Gasteiger partial charge on any atom is -0.480 e. The summed E-state index contributed by atoms with van der Waals surface area (Å²) >= 11 is 3.96. The van der Waals surface area contributed by atoms with Gasteiger partial charge in [-0.2, -0.15) is 12.6 Å². The Balaban J connectivity index is 3.72. The van der Waals surface area contributed by atoms with Crippen molar-refractivity contribution in [2.24, 2.45) is 5.73 Å². The first-order chi connectivity index (χ1) is 4.09. The largest absolute Gasteiger partial charge is 0.480 e. The topological polar surface area (TPSA) is 63.3 Å². The predicted octanol–water partition coefficient (Wildman–Crippen LogP) is 0.107. The fourth-order valence-electron chi connectivity index (χ4n) is 0.419. The second-order valence-corrected chi connectivity index (χ2v) is 2.50. The first-order valence-electron chi connectivity index (χ1n) is 2.76. The quantitative estimate of drug-likeness (QED) is 0.499. The van der Waals surface area contributed by atoms with Gasteiger partial charge < -0.3 is 10.8 Å². The van der Waals surface area contributed by atoms with Gasteiger partial charge in [0.15, 0.2) is 0 Å². The van der Waals surface area contributed by atoms with Gasteiger partial charge in [0.1, 0.15) is 6.04 Å². The smallest absolute Gasteiger partial charge is 0.321 e. The van der Waals surface area contributed by atoms with E-state index in [0.717, 1.165) is 0 Å². The fourth-order valence-corrected chi connectivity index (χ4v) is 0.546. The summed E-state index contributed by atoms with van der Waals surface area (Å²) in [5.41, 5.74) is 5.19. The molecular formula is C5H11NO2S. The Kier molecular flexibility index (Phi) is 3.65. The molecule has 0 amide bonds. The van der Waals surface area contributed by atoms with Gasteiger partial charge in [-0.1, -0.05) is 6.92 Å². The molecule has 0 aliphatic carbocycles. The summed E-state index contributed by atoms with van der Waals surface area (Å²) in [4.78, 5) is 10.1. The standard InChI is InChI=1S/C5H11NO2S/c1-2-3(9)4(6)5(7)8/h3-4,9H,2,6H2,1H3,(H,7,8). The van der Waals surface area contributed by atoms with Gasteiger partial charge in [0, 0.05) is 5.25 Å². The van der Waals surface area contributed by atoms with E-state index in [1.54, 1.807) is 0 Å². The van der Waals surface area contributed by atoms with Crippen LogP contribution in [0.5, 0.6) is 0 Å². The molecule has 0 aliphatic rings. The molecule has 3 N–H and O–H groups in total. The van der Waals surface area contributed by atoms with Crippen molar-refractivity contribution in [3.63, 3.8) is 0 Å². The van der Waals surface area contributed by atoms with Crippen LogP contribution in [0.4, 0.5) is 0 Å². The van der Waals surface area contributed by atoms with Crippen molar-refractivity contribution >= 4 is 18.6 Å². The highest BCUT2D eigenvalue weighted by Gasteiger charge is 2.18. The third-order valence-electron chi connectivity index (χ3n) is 1.12. The Morgan fingerprint density at radius 1 is 1.89 bits per heavy atom. The van der Waals surface area contributed by atoms with Crippen LogP contribution in [0.2, 0.25) is 0 Å². The van der Waals surface area contributed by atoms with E-state index in [2.05, 4.69) is 12.6 Å². The number of carbonyl (C=O) groups is 1. The second kappa shape index (κ2) is 3.74. The maximum atomic E-state index is 10.1. The van der Waals surface area contributed by atoms with Crippen molar-refractivity contribution in [1.82, 2.24) is 0 Å². The lowest BCUT2D eigenvalue weighted by molar-refractivity contribution is -0.138. The molecule has 0 rings (SSSR count). The number of carboxylic acids is 1. The SMILES string of the molecule is CCC(S)C(N)C(=O)O. The Labute approximate surface area is 59.6 Å². The van der Waals surface area contributed by atoms with Crippen LogP contribution >= 0.6 is 12.6 Å². The van der Waals surface area contributed by atoms with Crippen molar-refractivity contribution < 1.29 is 9.90 Å². The molecule has 0 aromatic rings. The molecule has 0 aromatic carbocycles. The van der Waals surface area contributed by atoms with Crippen molar-refractivity contribution in [2.45, 2.75) is 24.6 Å². The van der Waals surface area contributed by atoms with Gasteiger partial charge in [-0.15, -0.1) is 0 Å². The minimum absolute atomic E-state index is 0.234. The van der Waals surface area contributed by atoms with Gasteiger partial charge in [0.25, 0.3) is 0 Å². The number of aliphatic carboxylic acids is 1. The third kappa shape index (κ3) is 2.72. The zero-order valence-electron chi connectivity index (χ0n) is 5.24. The Morgan fingerprint density at radius 2 is 2.33 bits per heavy atom. The summed E-state index contributed by atoms with van der Waals surface area (Å²) in [6, 6.07) is -0.835. The maximum absolute atomic E-state index is 10.1.